The highest BCUT2D eigenvalue weighted by Crippen LogP contribution is 2.32. The van der Waals surface area contributed by atoms with Gasteiger partial charge in [-0.15, -0.1) is 0 Å². The van der Waals surface area contributed by atoms with Crippen molar-refractivity contribution in [2.24, 2.45) is 5.92 Å². The first kappa shape index (κ1) is 13.9. The van der Waals surface area contributed by atoms with Crippen LogP contribution in [0, 0.1) is 5.92 Å². The molecule has 1 aliphatic heterocycles. The van der Waals surface area contributed by atoms with Gasteiger partial charge in [0.25, 0.3) is 0 Å². The third kappa shape index (κ3) is 3.71. The minimum atomic E-state index is 0.506. The Hall–Kier alpha value is -0.570. The molecular weight excluding hydrogens is 246 g/mol. The van der Waals surface area contributed by atoms with Crippen LogP contribution in [-0.2, 0) is 4.74 Å². The van der Waals surface area contributed by atoms with E-state index in [4.69, 9.17) is 16.3 Å². The van der Waals surface area contributed by atoms with E-state index < -0.39 is 0 Å². The van der Waals surface area contributed by atoms with Gasteiger partial charge in [-0.2, -0.15) is 0 Å². The molecular formula is C15H22ClNO. The van der Waals surface area contributed by atoms with Gasteiger partial charge >= 0.3 is 0 Å². The summed E-state index contributed by atoms with van der Waals surface area (Å²) in [7, 11) is 2.01. The Balaban J connectivity index is 2.05. The van der Waals surface area contributed by atoms with Crippen molar-refractivity contribution >= 4 is 11.6 Å². The number of hydrogen-bond acceptors (Lipinski definition) is 2. The second-order valence-electron chi connectivity index (χ2n) is 5.07. The van der Waals surface area contributed by atoms with Crippen LogP contribution in [0.1, 0.15) is 30.7 Å². The predicted octanol–water partition coefficient (Wildman–Crippen LogP) is 3.46. The van der Waals surface area contributed by atoms with Crippen molar-refractivity contribution in [3.8, 4) is 0 Å². The molecule has 1 saturated heterocycles. The van der Waals surface area contributed by atoms with E-state index in [1.807, 2.05) is 19.2 Å². The minimum absolute atomic E-state index is 0.506. The molecule has 1 unspecified atom stereocenters. The van der Waals surface area contributed by atoms with Crippen LogP contribution in [0.5, 0.6) is 0 Å². The summed E-state index contributed by atoms with van der Waals surface area (Å²) in [5.41, 5.74) is 1.28. The molecule has 0 amide bonds. The summed E-state index contributed by atoms with van der Waals surface area (Å²) in [5, 5.41) is 4.19. The molecule has 1 heterocycles. The highest BCUT2D eigenvalue weighted by Gasteiger charge is 2.21. The lowest BCUT2D eigenvalue weighted by Gasteiger charge is -2.27. The zero-order valence-corrected chi connectivity index (χ0v) is 11.7. The molecule has 1 atom stereocenters. The van der Waals surface area contributed by atoms with E-state index in [0.717, 1.165) is 30.7 Å². The summed E-state index contributed by atoms with van der Waals surface area (Å²) in [5.74, 6) is 1.28. The van der Waals surface area contributed by atoms with Crippen LogP contribution in [0.25, 0.3) is 0 Å². The molecule has 2 rings (SSSR count). The van der Waals surface area contributed by atoms with Gasteiger partial charge in [-0.05, 0) is 49.8 Å². The van der Waals surface area contributed by atoms with Crippen LogP contribution in [0.4, 0.5) is 0 Å². The molecule has 1 N–H and O–H groups in total. The van der Waals surface area contributed by atoms with Crippen LogP contribution in [0.2, 0.25) is 5.02 Å². The maximum Gasteiger partial charge on any atom is 0.0468 e. The standard InChI is InChI=1S/C15H22ClNO/c1-17-11-13(10-12-6-8-18-9-7-12)14-4-2-3-5-15(14)16/h2-5,12-13,17H,6-11H2,1H3. The summed E-state index contributed by atoms with van der Waals surface area (Å²) < 4.78 is 5.43. The highest BCUT2D eigenvalue weighted by atomic mass is 35.5. The molecule has 18 heavy (non-hydrogen) atoms. The fraction of sp³-hybridized carbons (Fsp3) is 0.600. The van der Waals surface area contributed by atoms with Crippen molar-refractivity contribution in [1.82, 2.24) is 5.32 Å². The number of nitrogens with one attached hydrogen (secondary N) is 1. The largest absolute Gasteiger partial charge is 0.381 e. The van der Waals surface area contributed by atoms with Crippen molar-refractivity contribution in [3.05, 3.63) is 34.9 Å². The first-order chi connectivity index (χ1) is 8.81. The average Bonchev–Trinajstić information content (AvgIpc) is 2.40. The highest BCUT2D eigenvalue weighted by molar-refractivity contribution is 6.31. The van der Waals surface area contributed by atoms with Crippen LogP contribution < -0.4 is 5.32 Å². The van der Waals surface area contributed by atoms with Crippen molar-refractivity contribution in [2.75, 3.05) is 26.8 Å². The van der Waals surface area contributed by atoms with Gasteiger partial charge in [0.1, 0.15) is 0 Å². The van der Waals surface area contributed by atoms with E-state index in [2.05, 4.69) is 17.4 Å². The van der Waals surface area contributed by atoms with E-state index >= 15 is 0 Å². The van der Waals surface area contributed by atoms with Gasteiger partial charge in [0.05, 0.1) is 0 Å². The SMILES string of the molecule is CNCC(CC1CCOCC1)c1ccccc1Cl. The Kier molecular flexibility index (Phi) is 5.48. The monoisotopic (exact) mass is 267 g/mol. The third-order valence-electron chi connectivity index (χ3n) is 3.75. The predicted molar refractivity (Wildman–Crippen MR) is 76.3 cm³/mol. The summed E-state index contributed by atoms with van der Waals surface area (Å²) in [6, 6.07) is 8.22. The number of ether oxygens (including phenoxy) is 1. The van der Waals surface area contributed by atoms with Crippen LogP contribution in [0.3, 0.4) is 0 Å². The lowest BCUT2D eigenvalue weighted by molar-refractivity contribution is 0.0617. The number of likely N-dealkylation sites (N-methyl/N-ethyl adjacent to an activating group) is 1. The van der Waals surface area contributed by atoms with Gasteiger partial charge < -0.3 is 10.1 Å². The molecule has 0 aromatic heterocycles. The van der Waals surface area contributed by atoms with Gasteiger partial charge in [-0.3, -0.25) is 0 Å². The number of benzene rings is 1. The Bertz CT molecular complexity index is 363. The van der Waals surface area contributed by atoms with E-state index in [9.17, 15) is 0 Å². The summed E-state index contributed by atoms with van der Waals surface area (Å²) in [6.45, 7) is 2.82. The molecule has 3 heteroatoms. The van der Waals surface area contributed by atoms with Crippen molar-refractivity contribution in [3.63, 3.8) is 0 Å². The van der Waals surface area contributed by atoms with E-state index in [-0.39, 0.29) is 0 Å². The maximum atomic E-state index is 6.32. The smallest absolute Gasteiger partial charge is 0.0468 e. The van der Waals surface area contributed by atoms with E-state index in [1.54, 1.807) is 0 Å². The fourth-order valence-electron chi connectivity index (χ4n) is 2.76. The van der Waals surface area contributed by atoms with Crippen molar-refractivity contribution < 1.29 is 4.74 Å². The molecule has 1 aromatic carbocycles. The first-order valence-corrected chi connectivity index (χ1v) is 7.16. The van der Waals surface area contributed by atoms with E-state index in [0.29, 0.717) is 5.92 Å². The molecule has 2 nitrogen and oxygen atoms in total. The summed E-state index contributed by atoms with van der Waals surface area (Å²) in [6.07, 6.45) is 3.57. The quantitative estimate of drug-likeness (QED) is 0.882. The van der Waals surface area contributed by atoms with Crippen molar-refractivity contribution in [2.45, 2.75) is 25.2 Å². The topological polar surface area (TPSA) is 21.3 Å². The molecule has 0 radical (unpaired) electrons. The van der Waals surface area contributed by atoms with Gasteiger partial charge in [-0.1, -0.05) is 29.8 Å². The molecule has 1 aliphatic rings. The number of halogens is 1. The summed E-state index contributed by atoms with van der Waals surface area (Å²) in [4.78, 5) is 0. The normalized spacial score (nSPS) is 18.8. The lowest BCUT2D eigenvalue weighted by Crippen LogP contribution is -2.23. The Labute approximate surface area is 115 Å². The lowest BCUT2D eigenvalue weighted by atomic mass is 9.85. The Morgan fingerprint density at radius 2 is 2.06 bits per heavy atom. The number of hydrogen-bond donors (Lipinski definition) is 1. The van der Waals surface area contributed by atoms with Gasteiger partial charge in [-0.25, -0.2) is 0 Å². The number of rotatable bonds is 5. The van der Waals surface area contributed by atoms with Crippen LogP contribution in [0.15, 0.2) is 24.3 Å². The zero-order chi connectivity index (χ0) is 12.8. The zero-order valence-electron chi connectivity index (χ0n) is 11.0. The van der Waals surface area contributed by atoms with Gasteiger partial charge in [0.2, 0.25) is 0 Å². The fourth-order valence-corrected chi connectivity index (χ4v) is 3.05. The molecule has 100 valence electrons. The van der Waals surface area contributed by atoms with Crippen LogP contribution in [-0.4, -0.2) is 26.8 Å². The average molecular weight is 268 g/mol. The summed E-state index contributed by atoms with van der Waals surface area (Å²) >= 11 is 6.32. The van der Waals surface area contributed by atoms with Crippen LogP contribution >= 0.6 is 11.6 Å². The molecule has 1 aromatic rings. The third-order valence-corrected chi connectivity index (χ3v) is 4.10. The van der Waals surface area contributed by atoms with Gasteiger partial charge in [0.15, 0.2) is 0 Å². The molecule has 0 saturated carbocycles. The minimum Gasteiger partial charge on any atom is -0.381 e. The second-order valence-corrected chi connectivity index (χ2v) is 5.47. The van der Waals surface area contributed by atoms with Crippen molar-refractivity contribution in [1.29, 1.82) is 0 Å². The second kappa shape index (κ2) is 7.13. The molecule has 0 bridgehead atoms. The van der Waals surface area contributed by atoms with E-state index in [1.165, 1.54) is 24.8 Å². The maximum absolute atomic E-state index is 6.32. The first-order valence-electron chi connectivity index (χ1n) is 6.78. The van der Waals surface area contributed by atoms with Gasteiger partial charge in [0, 0.05) is 24.8 Å². The Morgan fingerprint density at radius 3 is 2.72 bits per heavy atom. The molecule has 1 fully saturated rings. The Morgan fingerprint density at radius 1 is 1.33 bits per heavy atom. The molecule has 0 spiro atoms. The molecule has 0 aliphatic carbocycles.